The van der Waals surface area contributed by atoms with Crippen LogP contribution >= 0.6 is 11.3 Å². The van der Waals surface area contributed by atoms with Crippen LogP contribution in [0.3, 0.4) is 0 Å². The number of nitrogens with one attached hydrogen (secondary N) is 1. The van der Waals surface area contributed by atoms with E-state index in [0.717, 1.165) is 23.3 Å². The van der Waals surface area contributed by atoms with E-state index in [9.17, 15) is 4.79 Å². The molecule has 0 spiro atoms. The summed E-state index contributed by atoms with van der Waals surface area (Å²) in [5.41, 5.74) is 6.16. The maximum atomic E-state index is 12.2. The van der Waals surface area contributed by atoms with Crippen molar-refractivity contribution in [1.29, 1.82) is 0 Å². The molecule has 3 N–H and O–H groups in total. The molecule has 19 heavy (non-hydrogen) atoms. The first-order chi connectivity index (χ1) is 9.14. The normalized spacial score (nSPS) is 16.7. The van der Waals surface area contributed by atoms with Crippen LogP contribution in [0.25, 0.3) is 0 Å². The summed E-state index contributed by atoms with van der Waals surface area (Å²) in [4.78, 5) is 13.3. The van der Waals surface area contributed by atoms with E-state index < -0.39 is 0 Å². The van der Waals surface area contributed by atoms with Gasteiger partial charge in [0.2, 0.25) is 5.91 Å². The molecule has 0 bridgehead atoms. The van der Waals surface area contributed by atoms with Crippen LogP contribution < -0.4 is 11.1 Å². The molecule has 1 aromatic heterocycles. The first-order valence-electron chi connectivity index (χ1n) is 6.69. The molecule has 0 radical (unpaired) electrons. The van der Waals surface area contributed by atoms with Crippen molar-refractivity contribution in [2.45, 2.75) is 39.2 Å². The standard InChI is InChI=1S/C15H20N2OS/c1-15(6-2-3-7-15)14(18)17-10-13-9-12(11-19-13)5-4-8-16/h9,11H,2-3,6-8,10,16H2,1H3,(H,17,18). The lowest BCUT2D eigenvalue weighted by Crippen LogP contribution is -2.36. The Balaban J connectivity index is 1.88. The summed E-state index contributed by atoms with van der Waals surface area (Å²) in [5, 5.41) is 5.05. The summed E-state index contributed by atoms with van der Waals surface area (Å²) in [6.07, 6.45) is 4.36. The van der Waals surface area contributed by atoms with Gasteiger partial charge in [-0.3, -0.25) is 4.79 Å². The maximum Gasteiger partial charge on any atom is 0.226 e. The van der Waals surface area contributed by atoms with Gasteiger partial charge >= 0.3 is 0 Å². The van der Waals surface area contributed by atoms with Crippen LogP contribution in [-0.4, -0.2) is 12.5 Å². The molecule has 102 valence electrons. The number of carbonyl (C=O) groups is 1. The Bertz CT molecular complexity index is 504. The Hall–Kier alpha value is -1.31. The zero-order valence-corrected chi connectivity index (χ0v) is 12.1. The second kappa shape index (κ2) is 6.23. The number of carbonyl (C=O) groups excluding carboxylic acids is 1. The highest BCUT2D eigenvalue weighted by Gasteiger charge is 2.35. The minimum absolute atomic E-state index is 0.153. The molecule has 1 aromatic rings. The van der Waals surface area contributed by atoms with Crippen molar-refractivity contribution in [2.24, 2.45) is 11.1 Å². The van der Waals surface area contributed by atoms with Crippen LogP contribution in [0.4, 0.5) is 0 Å². The first kappa shape index (κ1) is 14.1. The Morgan fingerprint density at radius 1 is 1.53 bits per heavy atom. The third-order valence-electron chi connectivity index (χ3n) is 3.67. The van der Waals surface area contributed by atoms with Crippen molar-refractivity contribution in [3.63, 3.8) is 0 Å². The Kier molecular flexibility index (Phi) is 4.62. The molecule has 0 unspecified atom stereocenters. The van der Waals surface area contributed by atoms with E-state index in [1.807, 2.05) is 11.4 Å². The predicted molar refractivity (Wildman–Crippen MR) is 78.7 cm³/mol. The lowest BCUT2D eigenvalue weighted by molar-refractivity contribution is -0.130. The van der Waals surface area contributed by atoms with Crippen LogP contribution in [0, 0.1) is 17.3 Å². The van der Waals surface area contributed by atoms with Crippen LogP contribution in [-0.2, 0) is 11.3 Å². The van der Waals surface area contributed by atoms with E-state index in [-0.39, 0.29) is 11.3 Å². The third kappa shape index (κ3) is 3.59. The van der Waals surface area contributed by atoms with E-state index in [0.29, 0.717) is 13.1 Å². The van der Waals surface area contributed by atoms with Gasteiger partial charge in [0.25, 0.3) is 0 Å². The molecule has 1 aliphatic rings. The maximum absolute atomic E-state index is 12.2. The summed E-state index contributed by atoms with van der Waals surface area (Å²) < 4.78 is 0. The van der Waals surface area contributed by atoms with Gasteiger partial charge in [0.1, 0.15) is 0 Å². The predicted octanol–water partition coefficient (Wildman–Crippen LogP) is 2.25. The number of rotatable bonds is 3. The van der Waals surface area contributed by atoms with Gasteiger partial charge in [0.15, 0.2) is 0 Å². The SMILES string of the molecule is CC1(C(=O)NCc2cc(C#CCN)cs2)CCCC1. The minimum Gasteiger partial charge on any atom is -0.351 e. The fourth-order valence-electron chi connectivity index (χ4n) is 2.46. The molecule has 2 rings (SSSR count). The molecule has 1 saturated carbocycles. The monoisotopic (exact) mass is 276 g/mol. The van der Waals surface area contributed by atoms with Gasteiger partial charge in [-0.15, -0.1) is 11.3 Å². The van der Waals surface area contributed by atoms with E-state index in [2.05, 4.69) is 24.1 Å². The highest BCUT2D eigenvalue weighted by Crippen LogP contribution is 2.37. The van der Waals surface area contributed by atoms with Crippen molar-refractivity contribution in [2.75, 3.05) is 6.54 Å². The molecule has 1 heterocycles. The van der Waals surface area contributed by atoms with E-state index in [4.69, 9.17) is 5.73 Å². The van der Waals surface area contributed by atoms with Crippen LogP contribution in [0.5, 0.6) is 0 Å². The van der Waals surface area contributed by atoms with Crippen molar-refractivity contribution >= 4 is 17.2 Å². The highest BCUT2D eigenvalue weighted by atomic mass is 32.1. The average Bonchev–Trinajstić information content (AvgIpc) is 3.03. The number of amides is 1. The molecule has 0 atom stereocenters. The van der Waals surface area contributed by atoms with E-state index in [1.165, 1.54) is 12.8 Å². The van der Waals surface area contributed by atoms with Crippen molar-refractivity contribution < 1.29 is 4.79 Å². The molecule has 3 nitrogen and oxygen atoms in total. The van der Waals surface area contributed by atoms with Gasteiger partial charge in [-0.1, -0.05) is 31.6 Å². The second-order valence-electron chi connectivity index (χ2n) is 5.26. The van der Waals surface area contributed by atoms with E-state index in [1.54, 1.807) is 11.3 Å². The van der Waals surface area contributed by atoms with Crippen molar-refractivity contribution in [1.82, 2.24) is 5.32 Å². The fraction of sp³-hybridized carbons (Fsp3) is 0.533. The average molecular weight is 276 g/mol. The zero-order valence-electron chi connectivity index (χ0n) is 11.3. The van der Waals surface area contributed by atoms with Gasteiger partial charge in [-0.05, 0) is 18.9 Å². The highest BCUT2D eigenvalue weighted by molar-refractivity contribution is 7.10. The number of hydrogen-bond donors (Lipinski definition) is 2. The molecule has 1 amide bonds. The summed E-state index contributed by atoms with van der Waals surface area (Å²) in [6.45, 7) is 3.05. The summed E-state index contributed by atoms with van der Waals surface area (Å²) in [5.74, 6) is 6.02. The van der Waals surface area contributed by atoms with Crippen LogP contribution in [0.2, 0.25) is 0 Å². The Morgan fingerprint density at radius 3 is 2.95 bits per heavy atom. The van der Waals surface area contributed by atoms with Gasteiger partial charge in [-0.2, -0.15) is 0 Å². The molecule has 0 saturated heterocycles. The number of nitrogens with two attached hydrogens (primary N) is 1. The summed E-state index contributed by atoms with van der Waals surface area (Å²) in [7, 11) is 0. The lowest BCUT2D eigenvalue weighted by Gasteiger charge is -2.21. The first-order valence-corrected chi connectivity index (χ1v) is 7.57. The lowest BCUT2D eigenvalue weighted by atomic mass is 9.88. The smallest absolute Gasteiger partial charge is 0.226 e. The molecule has 4 heteroatoms. The molecule has 0 aromatic carbocycles. The van der Waals surface area contributed by atoms with Crippen LogP contribution in [0.1, 0.15) is 43.0 Å². The second-order valence-corrected chi connectivity index (χ2v) is 6.25. The number of hydrogen-bond acceptors (Lipinski definition) is 3. The van der Waals surface area contributed by atoms with Crippen molar-refractivity contribution in [3.05, 3.63) is 21.9 Å². The van der Waals surface area contributed by atoms with Crippen molar-refractivity contribution in [3.8, 4) is 11.8 Å². The Morgan fingerprint density at radius 2 is 2.26 bits per heavy atom. The molecule has 1 aliphatic carbocycles. The largest absolute Gasteiger partial charge is 0.351 e. The van der Waals surface area contributed by atoms with Gasteiger partial charge in [0.05, 0.1) is 13.1 Å². The topological polar surface area (TPSA) is 55.1 Å². The molecule has 0 aliphatic heterocycles. The third-order valence-corrected chi connectivity index (χ3v) is 4.60. The molecular weight excluding hydrogens is 256 g/mol. The van der Waals surface area contributed by atoms with Gasteiger partial charge in [-0.25, -0.2) is 0 Å². The molecular formula is C15H20N2OS. The Labute approximate surface area is 118 Å². The van der Waals surface area contributed by atoms with Gasteiger partial charge < -0.3 is 11.1 Å². The van der Waals surface area contributed by atoms with E-state index >= 15 is 0 Å². The quantitative estimate of drug-likeness (QED) is 0.832. The summed E-state index contributed by atoms with van der Waals surface area (Å²) >= 11 is 1.63. The fourth-order valence-corrected chi connectivity index (χ4v) is 3.21. The van der Waals surface area contributed by atoms with Crippen LogP contribution in [0.15, 0.2) is 11.4 Å². The zero-order chi connectivity index (χ0) is 13.7. The number of thiophene rings is 1. The molecule has 1 fully saturated rings. The van der Waals surface area contributed by atoms with Gasteiger partial charge in [0, 0.05) is 21.2 Å². The minimum atomic E-state index is -0.153. The summed E-state index contributed by atoms with van der Waals surface area (Å²) in [6, 6.07) is 2.02.